The third-order valence-electron chi connectivity index (χ3n) is 4.12. The first-order valence-corrected chi connectivity index (χ1v) is 8.81. The molecule has 0 saturated heterocycles. The van der Waals surface area contributed by atoms with Crippen LogP contribution in [0.5, 0.6) is 11.5 Å². The Morgan fingerprint density at radius 1 is 1.07 bits per heavy atom. The van der Waals surface area contributed by atoms with E-state index in [0.29, 0.717) is 17.9 Å². The molecular formula is C19H24N2O7. The summed E-state index contributed by atoms with van der Waals surface area (Å²) in [7, 11) is 2.90. The van der Waals surface area contributed by atoms with Gasteiger partial charge in [0.2, 0.25) is 0 Å². The highest BCUT2D eigenvalue weighted by Gasteiger charge is 2.32. The maximum atomic E-state index is 12.5. The smallest absolute Gasteiger partial charge is 0.342 e. The quantitative estimate of drug-likeness (QED) is 0.649. The third-order valence-corrected chi connectivity index (χ3v) is 4.12. The van der Waals surface area contributed by atoms with Crippen molar-refractivity contribution in [1.29, 1.82) is 0 Å². The Bertz CT molecular complexity index is 788. The van der Waals surface area contributed by atoms with E-state index in [0.717, 1.165) is 0 Å². The zero-order chi connectivity index (χ0) is 20.7. The average molecular weight is 392 g/mol. The summed E-state index contributed by atoms with van der Waals surface area (Å²) in [5, 5.41) is 5.18. The summed E-state index contributed by atoms with van der Waals surface area (Å²) in [6.07, 6.45) is 0.475. The molecular weight excluding hydrogens is 368 g/mol. The van der Waals surface area contributed by atoms with Crippen LogP contribution in [0.1, 0.15) is 30.6 Å². The van der Waals surface area contributed by atoms with Crippen molar-refractivity contribution in [3.05, 3.63) is 35.0 Å². The van der Waals surface area contributed by atoms with Crippen molar-refractivity contribution in [1.82, 2.24) is 10.6 Å². The SMILES string of the molecule is CCOC(=O)C1=C(COC(=O)c2cc(OC)ccc2OC)NC(=O)NC1CC. The van der Waals surface area contributed by atoms with Crippen LogP contribution in [0.3, 0.4) is 0 Å². The van der Waals surface area contributed by atoms with Crippen LogP contribution in [0.15, 0.2) is 29.5 Å². The fourth-order valence-corrected chi connectivity index (χ4v) is 2.76. The minimum absolute atomic E-state index is 0.160. The van der Waals surface area contributed by atoms with Gasteiger partial charge < -0.3 is 29.6 Å². The summed E-state index contributed by atoms with van der Waals surface area (Å²) in [6.45, 7) is 3.38. The molecule has 0 aliphatic carbocycles. The van der Waals surface area contributed by atoms with Gasteiger partial charge >= 0.3 is 18.0 Å². The first kappa shape index (κ1) is 21.1. The number of hydrogen-bond donors (Lipinski definition) is 2. The van der Waals surface area contributed by atoms with E-state index in [1.807, 2.05) is 6.92 Å². The monoisotopic (exact) mass is 392 g/mol. The van der Waals surface area contributed by atoms with Crippen LogP contribution in [0.25, 0.3) is 0 Å². The van der Waals surface area contributed by atoms with Gasteiger partial charge in [-0.2, -0.15) is 0 Å². The predicted octanol–water partition coefficient (Wildman–Crippen LogP) is 1.77. The summed E-state index contributed by atoms with van der Waals surface area (Å²) in [6, 6.07) is 3.70. The molecule has 9 nitrogen and oxygen atoms in total. The van der Waals surface area contributed by atoms with Crippen molar-refractivity contribution in [3.63, 3.8) is 0 Å². The minimum atomic E-state index is -0.688. The van der Waals surface area contributed by atoms with Gasteiger partial charge in [-0.3, -0.25) is 0 Å². The second-order valence-corrected chi connectivity index (χ2v) is 5.81. The highest BCUT2D eigenvalue weighted by atomic mass is 16.5. The van der Waals surface area contributed by atoms with E-state index in [4.69, 9.17) is 18.9 Å². The van der Waals surface area contributed by atoms with E-state index in [2.05, 4.69) is 10.6 Å². The van der Waals surface area contributed by atoms with Gasteiger partial charge in [-0.1, -0.05) is 6.92 Å². The number of esters is 2. The van der Waals surface area contributed by atoms with Crippen LogP contribution in [-0.2, 0) is 14.3 Å². The molecule has 0 spiro atoms. The van der Waals surface area contributed by atoms with Crippen LogP contribution >= 0.6 is 0 Å². The first-order valence-electron chi connectivity index (χ1n) is 8.81. The molecule has 1 unspecified atom stereocenters. The highest BCUT2D eigenvalue weighted by molar-refractivity contribution is 5.96. The van der Waals surface area contributed by atoms with E-state index in [-0.39, 0.29) is 30.0 Å². The lowest BCUT2D eigenvalue weighted by Crippen LogP contribution is -2.51. The Kier molecular flexibility index (Phi) is 7.25. The van der Waals surface area contributed by atoms with Crippen LogP contribution in [0.2, 0.25) is 0 Å². The molecule has 2 N–H and O–H groups in total. The first-order chi connectivity index (χ1) is 13.4. The van der Waals surface area contributed by atoms with E-state index < -0.39 is 24.0 Å². The van der Waals surface area contributed by atoms with Crippen molar-refractivity contribution < 1.29 is 33.3 Å². The number of carbonyl (C=O) groups is 3. The van der Waals surface area contributed by atoms with Crippen molar-refractivity contribution in [2.45, 2.75) is 26.3 Å². The molecule has 1 aromatic carbocycles. The molecule has 2 rings (SSSR count). The number of ether oxygens (including phenoxy) is 4. The Balaban J connectivity index is 2.27. The lowest BCUT2D eigenvalue weighted by Gasteiger charge is -2.28. The average Bonchev–Trinajstić information content (AvgIpc) is 2.70. The number of rotatable bonds is 8. The standard InChI is InChI=1S/C19H24N2O7/c1-5-13-16(18(23)27-6-2)14(21-19(24)20-13)10-28-17(22)12-9-11(25-3)7-8-15(12)26-4/h7-9,13H,5-6,10H2,1-4H3,(H2,20,21,24). The maximum absolute atomic E-state index is 12.5. The Morgan fingerprint density at radius 3 is 2.43 bits per heavy atom. The largest absolute Gasteiger partial charge is 0.497 e. The normalized spacial score (nSPS) is 16.0. The van der Waals surface area contributed by atoms with Gasteiger partial charge in [-0.05, 0) is 31.5 Å². The molecule has 0 radical (unpaired) electrons. The number of amides is 2. The zero-order valence-corrected chi connectivity index (χ0v) is 16.3. The summed E-state index contributed by atoms with van der Waals surface area (Å²) in [5.74, 6) is -0.495. The Hall–Kier alpha value is -3.23. The van der Waals surface area contributed by atoms with Crippen LogP contribution in [0.4, 0.5) is 4.79 Å². The predicted molar refractivity (Wildman–Crippen MR) is 99.2 cm³/mol. The topological polar surface area (TPSA) is 112 Å². The number of methoxy groups -OCH3 is 2. The van der Waals surface area contributed by atoms with E-state index in [1.54, 1.807) is 19.1 Å². The zero-order valence-electron chi connectivity index (χ0n) is 16.3. The van der Waals surface area contributed by atoms with Crippen molar-refractivity contribution in [2.75, 3.05) is 27.4 Å². The molecule has 1 aliphatic rings. The summed E-state index contributed by atoms with van der Waals surface area (Å²) in [4.78, 5) is 36.8. The van der Waals surface area contributed by atoms with Gasteiger partial charge in [0.05, 0.1) is 38.1 Å². The molecule has 9 heteroatoms. The second-order valence-electron chi connectivity index (χ2n) is 5.81. The molecule has 1 aliphatic heterocycles. The van der Waals surface area contributed by atoms with Crippen LogP contribution in [-0.4, -0.2) is 51.4 Å². The van der Waals surface area contributed by atoms with Crippen molar-refractivity contribution in [2.24, 2.45) is 0 Å². The van der Waals surface area contributed by atoms with Crippen molar-refractivity contribution in [3.8, 4) is 11.5 Å². The molecule has 0 aromatic heterocycles. The van der Waals surface area contributed by atoms with E-state index >= 15 is 0 Å². The molecule has 1 aromatic rings. The fraction of sp³-hybridized carbons (Fsp3) is 0.421. The second kappa shape index (κ2) is 9.63. The Morgan fingerprint density at radius 2 is 1.82 bits per heavy atom. The summed E-state index contributed by atoms with van der Waals surface area (Å²) >= 11 is 0. The molecule has 28 heavy (non-hydrogen) atoms. The van der Waals surface area contributed by atoms with Gasteiger partial charge in [-0.25, -0.2) is 14.4 Å². The van der Waals surface area contributed by atoms with Gasteiger partial charge in [0.25, 0.3) is 0 Å². The van der Waals surface area contributed by atoms with Gasteiger partial charge in [0.1, 0.15) is 23.7 Å². The maximum Gasteiger partial charge on any atom is 0.342 e. The Labute approximate surface area is 163 Å². The third kappa shape index (κ3) is 4.73. The number of hydrogen-bond acceptors (Lipinski definition) is 7. The fourth-order valence-electron chi connectivity index (χ4n) is 2.76. The molecule has 2 amide bonds. The summed E-state index contributed by atoms with van der Waals surface area (Å²) < 4.78 is 20.7. The molecule has 1 atom stereocenters. The highest BCUT2D eigenvalue weighted by Crippen LogP contribution is 2.25. The molecule has 0 bridgehead atoms. The summed E-state index contributed by atoms with van der Waals surface area (Å²) in [5.41, 5.74) is 0.575. The van der Waals surface area contributed by atoms with E-state index in [9.17, 15) is 14.4 Å². The van der Waals surface area contributed by atoms with Gasteiger partial charge in [0.15, 0.2) is 0 Å². The molecule has 0 saturated carbocycles. The number of urea groups is 1. The van der Waals surface area contributed by atoms with Crippen molar-refractivity contribution >= 4 is 18.0 Å². The van der Waals surface area contributed by atoms with Gasteiger partial charge in [-0.15, -0.1) is 0 Å². The lowest BCUT2D eigenvalue weighted by molar-refractivity contribution is -0.139. The van der Waals surface area contributed by atoms with Crippen LogP contribution < -0.4 is 20.1 Å². The number of carbonyl (C=O) groups excluding carboxylic acids is 3. The number of nitrogens with one attached hydrogen (secondary N) is 2. The van der Waals surface area contributed by atoms with Gasteiger partial charge in [0, 0.05) is 0 Å². The van der Waals surface area contributed by atoms with E-state index in [1.165, 1.54) is 20.3 Å². The number of benzene rings is 1. The minimum Gasteiger partial charge on any atom is -0.497 e. The molecule has 1 heterocycles. The van der Waals surface area contributed by atoms with Crippen LogP contribution in [0, 0.1) is 0 Å². The molecule has 0 fully saturated rings. The molecule has 152 valence electrons. The lowest BCUT2D eigenvalue weighted by atomic mass is 10.0.